The van der Waals surface area contributed by atoms with E-state index in [0.29, 0.717) is 23.6 Å². The van der Waals surface area contributed by atoms with Gasteiger partial charge in [-0.05, 0) is 84.4 Å². The Balaban J connectivity index is 2.07. The lowest BCUT2D eigenvalue weighted by Crippen LogP contribution is -2.28. The van der Waals surface area contributed by atoms with Crippen molar-refractivity contribution in [2.24, 2.45) is 0 Å². The van der Waals surface area contributed by atoms with E-state index in [1.54, 1.807) is 90.1 Å². The minimum atomic E-state index is -0.846. The molecule has 0 aromatic heterocycles. The van der Waals surface area contributed by atoms with Gasteiger partial charge in [-0.25, -0.2) is 9.59 Å². The maximum absolute atomic E-state index is 13.0. The van der Waals surface area contributed by atoms with Crippen LogP contribution in [-0.2, 0) is 19.1 Å². The van der Waals surface area contributed by atoms with Crippen LogP contribution in [0.1, 0.15) is 104 Å². The zero-order valence-electron chi connectivity index (χ0n) is 26.2. The summed E-state index contributed by atoms with van der Waals surface area (Å²) in [6.45, 7) is 13.1. The monoisotopic (exact) mass is 581 g/mol. The number of ether oxygens (including phenoxy) is 4. The van der Waals surface area contributed by atoms with E-state index in [1.807, 2.05) is 0 Å². The Kier molecular flexibility index (Phi) is 13.6. The normalized spacial score (nSPS) is 11.9. The Morgan fingerprint density at radius 2 is 1.36 bits per heavy atom. The molecule has 0 aliphatic heterocycles. The maximum atomic E-state index is 13.0. The molecule has 2 aromatic rings. The van der Waals surface area contributed by atoms with Gasteiger partial charge in [0.1, 0.15) is 17.0 Å². The lowest BCUT2D eigenvalue weighted by molar-refractivity contribution is -0.154. The highest BCUT2D eigenvalue weighted by molar-refractivity contribution is 6.05. The molecule has 0 aliphatic rings. The molecule has 0 saturated heterocycles. The smallest absolute Gasteiger partial charge is 0.375 e. The average molecular weight is 582 g/mol. The van der Waals surface area contributed by atoms with Crippen LogP contribution in [0.2, 0.25) is 0 Å². The van der Waals surface area contributed by atoms with Crippen molar-refractivity contribution in [3.63, 3.8) is 0 Å². The predicted molar refractivity (Wildman–Crippen MR) is 165 cm³/mol. The average Bonchev–Trinajstić information content (AvgIpc) is 2.89. The number of hydrogen-bond acceptors (Lipinski definition) is 7. The fourth-order valence-electron chi connectivity index (χ4n) is 3.82. The second kappa shape index (κ2) is 16.6. The summed E-state index contributed by atoms with van der Waals surface area (Å²) in [6.07, 6.45) is 9.44. The SMILES string of the molecule is CCCCCCCCCOc1ccc(C(=O)Nc2ccccc2O/C(=C/C(=O)OC(C)(C)C)C(=O)OC(C)(C)C)cc1. The van der Waals surface area contributed by atoms with Gasteiger partial charge in [-0.1, -0.05) is 57.6 Å². The predicted octanol–water partition coefficient (Wildman–Crippen LogP) is 8.01. The summed E-state index contributed by atoms with van der Waals surface area (Å²) in [4.78, 5) is 38.4. The van der Waals surface area contributed by atoms with Gasteiger partial charge >= 0.3 is 11.9 Å². The number of carbonyl (C=O) groups is 3. The molecule has 0 saturated carbocycles. The second-order valence-corrected chi connectivity index (χ2v) is 12.1. The van der Waals surface area contributed by atoms with Crippen LogP contribution >= 0.6 is 0 Å². The van der Waals surface area contributed by atoms with Crippen LogP contribution in [0.3, 0.4) is 0 Å². The number of nitrogens with one attached hydrogen (secondary N) is 1. The lowest BCUT2D eigenvalue weighted by atomic mass is 10.1. The molecule has 0 radical (unpaired) electrons. The molecule has 8 nitrogen and oxygen atoms in total. The van der Waals surface area contributed by atoms with Crippen molar-refractivity contribution in [2.75, 3.05) is 11.9 Å². The van der Waals surface area contributed by atoms with Gasteiger partial charge in [0.2, 0.25) is 5.76 Å². The Hall–Kier alpha value is -3.81. The molecule has 1 amide bonds. The van der Waals surface area contributed by atoms with Crippen LogP contribution in [0.5, 0.6) is 11.5 Å². The van der Waals surface area contributed by atoms with Gasteiger partial charge < -0.3 is 24.3 Å². The van der Waals surface area contributed by atoms with Gasteiger partial charge in [-0.3, -0.25) is 4.79 Å². The molecular weight excluding hydrogens is 534 g/mol. The summed E-state index contributed by atoms with van der Waals surface area (Å²) in [5, 5.41) is 2.81. The summed E-state index contributed by atoms with van der Waals surface area (Å²) in [5.74, 6) is -1.50. The Labute approximate surface area is 250 Å². The summed E-state index contributed by atoms with van der Waals surface area (Å²) in [6, 6.07) is 13.5. The standard InChI is InChI=1S/C34H47NO7/c1-8-9-10-11-12-13-16-23-39-26-21-19-25(20-22-26)31(37)35-27-17-14-15-18-28(27)40-29(32(38)42-34(5,6)7)24-30(36)41-33(2,3)4/h14-15,17-22,24H,8-13,16,23H2,1-7H3,(H,35,37)/b29-24+. The number of anilines is 1. The minimum absolute atomic E-state index is 0.154. The number of esters is 2. The van der Waals surface area contributed by atoms with Crippen molar-refractivity contribution in [3.05, 3.63) is 65.9 Å². The third-order valence-corrected chi connectivity index (χ3v) is 5.74. The number of rotatable bonds is 15. The van der Waals surface area contributed by atoms with Gasteiger partial charge in [0.15, 0.2) is 5.75 Å². The fraction of sp³-hybridized carbons (Fsp3) is 0.500. The third kappa shape index (κ3) is 13.7. The molecule has 0 aliphatic carbocycles. The molecular formula is C34H47NO7. The highest BCUT2D eigenvalue weighted by Gasteiger charge is 2.25. The van der Waals surface area contributed by atoms with Crippen LogP contribution in [-0.4, -0.2) is 35.7 Å². The lowest BCUT2D eigenvalue weighted by Gasteiger charge is -2.22. The largest absolute Gasteiger partial charge is 0.494 e. The first kappa shape index (κ1) is 34.4. The Bertz CT molecular complexity index is 1190. The summed E-state index contributed by atoms with van der Waals surface area (Å²) < 4.78 is 22.4. The molecule has 8 heteroatoms. The topological polar surface area (TPSA) is 100 Å². The van der Waals surface area contributed by atoms with E-state index in [2.05, 4.69) is 12.2 Å². The summed E-state index contributed by atoms with van der Waals surface area (Å²) in [7, 11) is 0. The van der Waals surface area contributed by atoms with Crippen molar-refractivity contribution in [1.82, 2.24) is 0 Å². The highest BCUT2D eigenvalue weighted by atomic mass is 16.6. The van der Waals surface area contributed by atoms with Gasteiger partial charge in [-0.15, -0.1) is 0 Å². The molecule has 42 heavy (non-hydrogen) atoms. The molecule has 0 heterocycles. The molecule has 0 unspecified atom stereocenters. The van der Waals surface area contributed by atoms with E-state index in [-0.39, 0.29) is 17.4 Å². The van der Waals surface area contributed by atoms with Gasteiger partial charge in [-0.2, -0.15) is 0 Å². The van der Waals surface area contributed by atoms with E-state index in [4.69, 9.17) is 18.9 Å². The van der Waals surface area contributed by atoms with Crippen molar-refractivity contribution in [2.45, 2.75) is 105 Å². The van der Waals surface area contributed by atoms with Crippen LogP contribution in [0.25, 0.3) is 0 Å². The number of para-hydroxylation sites is 2. The number of carbonyl (C=O) groups excluding carboxylic acids is 3. The molecule has 1 N–H and O–H groups in total. The van der Waals surface area contributed by atoms with Crippen molar-refractivity contribution in [3.8, 4) is 11.5 Å². The molecule has 2 rings (SSSR count). The van der Waals surface area contributed by atoms with Crippen LogP contribution < -0.4 is 14.8 Å². The summed E-state index contributed by atoms with van der Waals surface area (Å²) >= 11 is 0. The second-order valence-electron chi connectivity index (χ2n) is 12.1. The molecule has 0 atom stereocenters. The van der Waals surface area contributed by atoms with Crippen LogP contribution in [0.15, 0.2) is 60.4 Å². The van der Waals surface area contributed by atoms with Gasteiger partial charge in [0, 0.05) is 5.56 Å². The molecule has 230 valence electrons. The van der Waals surface area contributed by atoms with E-state index in [9.17, 15) is 14.4 Å². The van der Waals surface area contributed by atoms with E-state index in [0.717, 1.165) is 18.9 Å². The fourth-order valence-corrected chi connectivity index (χ4v) is 3.82. The van der Waals surface area contributed by atoms with Gasteiger partial charge in [0.05, 0.1) is 18.4 Å². The van der Waals surface area contributed by atoms with E-state index < -0.39 is 23.1 Å². The van der Waals surface area contributed by atoms with Crippen molar-refractivity contribution in [1.29, 1.82) is 0 Å². The summed E-state index contributed by atoms with van der Waals surface area (Å²) in [5.41, 5.74) is -0.872. The van der Waals surface area contributed by atoms with Crippen LogP contribution in [0, 0.1) is 0 Å². The zero-order valence-corrected chi connectivity index (χ0v) is 26.2. The first-order valence-corrected chi connectivity index (χ1v) is 14.8. The van der Waals surface area contributed by atoms with Crippen molar-refractivity contribution >= 4 is 23.5 Å². The Morgan fingerprint density at radius 3 is 1.98 bits per heavy atom. The first-order chi connectivity index (χ1) is 19.8. The number of benzene rings is 2. The number of unbranched alkanes of at least 4 members (excludes halogenated alkanes) is 6. The Morgan fingerprint density at radius 1 is 0.762 bits per heavy atom. The number of hydrogen-bond donors (Lipinski definition) is 1. The highest BCUT2D eigenvalue weighted by Crippen LogP contribution is 2.28. The van der Waals surface area contributed by atoms with Crippen molar-refractivity contribution < 1.29 is 33.3 Å². The first-order valence-electron chi connectivity index (χ1n) is 14.8. The molecule has 2 aromatic carbocycles. The van der Waals surface area contributed by atoms with E-state index in [1.165, 1.54) is 32.1 Å². The van der Waals surface area contributed by atoms with Crippen LogP contribution in [0.4, 0.5) is 5.69 Å². The van der Waals surface area contributed by atoms with E-state index >= 15 is 0 Å². The van der Waals surface area contributed by atoms with Gasteiger partial charge in [0.25, 0.3) is 5.91 Å². The minimum Gasteiger partial charge on any atom is -0.494 e. The quantitative estimate of drug-likeness (QED) is 0.0984. The molecule has 0 spiro atoms. The zero-order chi connectivity index (χ0) is 31.2. The maximum Gasteiger partial charge on any atom is 0.375 e. The molecule has 0 bridgehead atoms. The number of amides is 1. The molecule has 0 fully saturated rings. The third-order valence-electron chi connectivity index (χ3n) is 5.74.